The largest absolute Gasteiger partial charge is 0.481 e. The van der Waals surface area contributed by atoms with Gasteiger partial charge in [-0.3, -0.25) is 28.8 Å². The quantitative estimate of drug-likeness (QED) is 0.103. The first-order valence-electron chi connectivity index (χ1n) is 14.0. The Kier molecular flexibility index (Phi) is 12.0. The number of carboxylic acids is 1. The molecule has 0 aliphatic carbocycles. The Hall–Kier alpha value is -5.24. The SMILES string of the molecule is C[C@H](NC(=O)[C@H](Cc1ccccc1)NC(=O)[C@@H](N)CCC(=O)O)C(=O)N[C@@H](Cc1c[nH]c2ccccc12)C(=O)NCC(N)=O. The van der Waals surface area contributed by atoms with Crippen LogP contribution in [0, 0.1) is 0 Å². The molecule has 44 heavy (non-hydrogen) atoms. The van der Waals surface area contributed by atoms with Gasteiger partial charge >= 0.3 is 5.97 Å². The summed E-state index contributed by atoms with van der Waals surface area (Å²) in [6.45, 7) is 0.984. The lowest BCUT2D eigenvalue weighted by molar-refractivity contribution is -0.137. The molecule has 0 radical (unpaired) electrons. The molecule has 2 aromatic carbocycles. The molecule has 14 heteroatoms. The first-order chi connectivity index (χ1) is 20.9. The van der Waals surface area contributed by atoms with Gasteiger partial charge in [0.2, 0.25) is 29.5 Å². The van der Waals surface area contributed by atoms with Crippen LogP contribution in [0.1, 0.15) is 30.9 Å². The first-order valence-corrected chi connectivity index (χ1v) is 14.0. The number of para-hydroxylation sites is 1. The van der Waals surface area contributed by atoms with E-state index in [1.54, 1.807) is 36.5 Å². The van der Waals surface area contributed by atoms with Gasteiger partial charge in [-0.1, -0.05) is 48.5 Å². The van der Waals surface area contributed by atoms with Crippen molar-refractivity contribution in [2.24, 2.45) is 11.5 Å². The highest BCUT2D eigenvalue weighted by molar-refractivity contribution is 5.96. The zero-order valence-corrected chi connectivity index (χ0v) is 24.2. The second-order valence-electron chi connectivity index (χ2n) is 10.3. The third-order valence-electron chi connectivity index (χ3n) is 6.84. The van der Waals surface area contributed by atoms with Crippen molar-refractivity contribution in [3.63, 3.8) is 0 Å². The normalized spacial score (nSPS) is 13.6. The third kappa shape index (κ3) is 9.94. The molecule has 0 fully saturated rings. The van der Waals surface area contributed by atoms with Crippen LogP contribution in [-0.4, -0.2) is 76.3 Å². The van der Waals surface area contributed by atoms with Gasteiger partial charge in [-0.2, -0.15) is 0 Å². The summed E-state index contributed by atoms with van der Waals surface area (Å²) in [4.78, 5) is 77.4. The van der Waals surface area contributed by atoms with Crippen molar-refractivity contribution in [1.82, 2.24) is 26.3 Å². The molecule has 3 aromatic rings. The number of hydrogen-bond acceptors (Lipinski definition) is 7. The summed E-state index contributed by atoms with van der Waals surface area (Å²) in [5.41, 5.74) is 13.3. The van der Waals surface area contributed by atoms with E-state index >= 15 is 0 Å². The highest BCUT2D eigenvalue weighted by atomic mass is 16.4. The van der Waals surface area contributed by atoms with E-state index in [2.05, 4.69) is 26.3 Å². The molecule has 3 rings (SSSR count). The van der Waals surface area contributed by atoms with E-state index in [1.165, 1.54) is 6.92 Å². The zero-order valence-electron chi connectivity index (χ0n) is 24.2. The molecule has 234 valence electrons. The fourth-order valence-corrected chi connectivity index (χ4v) is 4.45. The van der Waals surface area contributed by atoms with Gasteiger partial charge in [-0.25, -0.2) is 0 Å². The molecule has 1 heterocycles. The highest BCUT2D eigenvalue weighted by Crippen LogP contribution is 2.19. The lowest BCUT2D eigenvalue weighted by Gasteiger charge is -2.24. The number of H-pyrrole nitrogens is 1. The maximum Gasteiger partial charge on any atom is 0.303 e. The van der Waals surface area contributed by atoms with Gasteiger partial charge in [-0.05, 0) is 30.5 Å². The van der Waals surface area contributed by atoms with Gasteiger partial charge in [0.05, 0.1) is 12.6 Å². The summed E-state index contributed by atoms with van der Waals surface area (Å²) in [6.07, 6.45) is 1.40. The Morgan fingerprint density at radius 2 is 1.45 bits per heavy atom. The number of rotatable bonds is 16. The van der Waals surface area contributed by atoms with Gasteiger partial charge < -0.3 is 42.8 Å². The van der Waals surface area contributed by atoms with Crippen LogP contribution in [0.2, 0.25) is 0 Å². The second kappa shape index (κ2) is 15.8. The van der Waals surface area contributed by atoms with E-state index in [-0.39, 0.29) is 25.7 Å². The van der Waals surface area contributed by atoms with Crippen molar-refractivity contribution < 1.29 is 33.9 Å². The Morgan fingerprint density at radius 1 is 0.818 bits per heavy atom. The monoisotopic (exact) mass is 607 g/mol. The van der Waals surface area contributed by atoms with Crippen molar-refractivity contribution in [2.75, 3.05) is 6.54 Å². The van der Waals surface area contributed by atoms with E-state index < -0.39 is 66.2 Å². The van der Waals surface area contributed by atoms with Crippen LogP contribution in [0.25, 0.3) is 10.9 Å². The van der Waals surface area contributed by atoms with Crippen LogP contribution in [0.5, 0.6) is 0 Å². The summed E-state index contributed by atoms with van der Waals surface area (Å²) < 4.78 is 0. The molecule has 0 unspecified atom stereocenters. The third-order valence-corrected chi connectivity index (χ3v) is 6.84. The summed E-state index contributed by atoms with van der Waals surface area (Å²) in [5.74, 6) is -4.62. The number of carboxylic acid groups (broad SMARTS) is 1. The summed E-state index contributed by atoms with van der Waals surface area (Å²) >= 11 is 0. The van der Waals surface area contributed by atoms with Crippen molar-refractivity contribution in [3.05, 3.63) is 71.9 Å². The molecule has 1 aromatic heterocycles. The molecule has 5 amide bonds. The average Bonchev–Trinajstić information content (AvgIpc) is 3.40. The van der Waals surface area contributed by atoms with Crippen molar-refractivity contribution in [2.45, 2.75) is 56.8 Å². The van der Waals surface area contributed by atoms with Gasteiger partial charge in [0, 0.05) is 36.4 Å². The van der Waals surface area contributed by atoms with E-state index in [1.807, 2.05) is 24.3 Å². The maximum atomic E-state index is 13.3. The van der Waals surface area contributed by atoms with Crippen LogP contribution in [0.3, 0.4) is 0 Å². The molecule has 0 saturated heterocycles. The highest BCUT2D eigenvalue weighted by Gasteiger charge is 2.29. The second-order valence-corrected chi connectivity index (χ2v) is 10.3. The van der Waals surface area contributed by atoms with Gasteiger partial charge in [-0.15, -0.1) is 0 Å². The topological polar surface area (TPSA) is 239 Å². The molecular weight excluding hydrogens is 570 g/mol. The summed E-state index contributed by atoms with van der Waals surface area (Å²) in [6, 6.07) is 11.7. The first kappa shape index (κ1) is 33.3. The number of aliphatic carboxylic acids is 1. The number of nitrogens with one attached hydrogen (secondary N) is 5. The standard InChI is InChI=1S/C30H37N7O7/c1-17(35-30(44)23(13-18-7-3-2-4-8-18)37-28(42)21(31)11-12-26(39)40)27(41)36-24(29(43)34-16-25(32)38)14-19-15-33-22-10-6-5-9-20(19)22/h2-10,15,17,21,23-24,33H,11-14,16,31H2,1H3,(H2,32,38)(H,34,43)(H,35,44)(H,36,41)(H,37,42)(H,39,40)/t17-,21-,23-,24-/m0/s1. The fourth-order valence-electron chi connectivity index (χ4n) is 4.45. The summed E-state index contributed by atoms with van der Waals surface area (Å²) in [5, 5.41) is 19.9. The number of aromatic nitrogens is 1. The smallest absolute Gasteiger partial charge is 0.303 e. The van der Waals surface area contributed by atoms with Gasteiger partial charge in [0.25, 0.3) is 0 Å². The molecule has 14 nitrogen and oxygen atoms in total. The molecule has 4 atom stereocenters. The molecule has 0 saturated carbocycles. The molecule has 10 N–H and O–H groups in total. The van der Waals surface area contributed by atoms with Crippen molar-refractivity contribution in [3.8, 4) is 0 Å². The number of primary amides is 1. The van der Waals surface area contributed by atoms with Crippen LogP contribution >= 0.6 is 0 Å². The minimum absolute atomic E-state index is 0.0666. The van der Waals surface area contributed by atoms with Crippen LogP contribution < -0.4 is 32.7 Å². The van der Waals surface area contributed by atoms with Crippen LogP contribution in [0.4, 0.5) is 0 Å². The number of hydrogen-bond donors (Lipinski definition) is 8. The molecular formula is C30H37N7O7. The minimum Gasteiger partial charge on any atom is -0.481 e. The Morgan fingerprint density at radius 3 is 2.14 bits per heavy atom. The van der Waals surface area contributed by atoms with Crippen molar-refractivity contribution in [1.29, 1.82) is 0 Å². The molecule has 0 spiro atoms. The number of benzene rings is 2. The number of fused-ring (bicyclic) bond motifs is 1. The number of nitrogens with two attached hydrogens (primary N) is 2. The minimum atomic E-state index is -1.16. The van der Waals surface area contributed by atoms with E-state index in [4.69, 9.17) is 16.6 Å². The number of carbonyl (C=O) groups excluding carboxylic acids is 5. The lowest BCUT2D eigenvalue weighted by atomic mass is 10.0. The van der Waals surface area contributed by atoms with E-state index in [0.717, 1.165) is 16.5 Å². The predicted octanol–water partition coefficient (Wildman–Crippen LogP) is -0.779. The summed E-state index contributed by atoms with van der Waals surface area (Å²) in [7, 11) is 0. The molecule has 0 aliphatic heterocycles. The number of carbonyl (C=O) groups is 6. The zero-order chi connectivity index (χ0) is 32.2. The molecule has 0 aliphatic rings. The predicted molar refractivity (Wildman–Crippen MR) is 161 cm³/mol. The number of amides is 5. The Labute approximate surface area is 253 Å². The molecule has 0 bridgehead atoms. The van der Waals surface area contributed by atoms with E-state index in [0.29, 0.717) is 5.56 Å². The Bertz CT molecular complexity index is 1490. The number of aromatic amines is 1. The van der Waals surface area contributed by atoms with Crippen LogP contribution in [-0.2, 0) is 41.6 Å². The fraction of sp³-hybridized carbons (Fsp3) is 0.333. The van der Waals surface area contributed by atoms with Crippen LogP contribution in [0.15, 0.2) is 60.8 Å². The van der Waals surface area contributed by atoms with Crippen molar-refractivity contribution >= 4 is 46.4 Å². The van der Waals surface area contributed by atoms with Gasteiger partial charge in [0.1, 0.15) is 18.1 Å². The van der Waals surface area contributed by atoms with Gasteiger partial charge in [0.15, 0.2) is 0 Å². The van der Waals surface area contributed by atoms with E-state index in [9.17, 15) is 28.8 Å². The Balaban J connectivity index is 1.72. The maximum absolute atomic E-state index is 13.3. The average molecular weight is 608 g/mol. The lowest BCUT2D eigenvalue weighted by Crippen LogP contribution is -2.58.